The van der Waals surface area contributed by atoms with Crippen LogP contribution in [0.3, 0.4) is 0 Å². The zero-order chi connectivity index (χ0) is 27.0. The molecule has 0 radical (unpaired) electrons. The molecular formula is C34H54O2S2. The normalized spacial score (nSPS) is 13.4. The van der Waals surface area contributed by atoms with Crippen LogP contribution in [0.1, 0.15) is 130 Å². The van der Waals surface area contributed by atoms with E-state index in [1.165, 1.54) is 123 Å². The SMILES string of the molecule is CCCCCCC(CCCC)COc1c2ccsc2c(OCC(CCCC)CCCCCC)c2ccsc12. The first-order valence-electron chi connectivity index (χ1n) is 15.9. The third-order valence-corrected chi connectivity index (χ3v) is 9.85. The molecule has 0 spiro atoms. The third kappa shape index (κ3) is 9.44. The van der Waals surface area contributed by atoms with Crippen molar-refractivity contribution in [2.75, 3.05) is 13.2 Å². The second-order valence-electron chi connectivity index (χ2n) is 11.3. The quantitative estimate of drug-likeness (QED) is 0.114. The lowest BCUT2D eigenvalue weighted by Crippen LogP contribution is -2.14. The molecule has 0 bridgehead atoms. The van der Waals surface area contributed by atoms with Gasteiger partial charge in [0.1, 0.15) is 11.5 Å². The number of fused-ring (bicyclic) bond motifs is 2. The van der Waals surface area contributed by atoms with Crippen LogP contribution >= 0.6 is 22.7 Å². The van der Waals surface area contributed by atoms with Gasteiger partial charge in [0.05, 0.1) is 22.6 Å². The van der Waals surface area contributed by atoms with E-state index in [1.807, 2.05) is 22.7 Å². The smallest absolute Gasteiger partial charge is 0.146 e. The summed E-state index contributed by atoms with van der Waals surface area (Å²) < 4.78 is 16.0. The molecule has 214 valence electrons. The Labute approximate surface area is 241 Å². The fourth-order valence-corrected chi connectivity index (χ4v) is 7.40. The zero-order valence-corrected chi connectivity index (χ0v) is 26.5. The highest BCUT2D eigenvalue weighted by molar-refractivity contribution is 7.19. The molecule has 0 aliphatic carbocycles. The van der Waals surface area contributed by atoms with Crippen LogP contribution in [-0.2, 0) is 0 Å². The minimum Gasteiger partial charge on any atom is -0.491 e. The Morgan fingerprint density at radius 1 is 0.526 bits per heavy atom. The van der Waals surface area contributed by atoms with Gasteiger partial charge in [-0.1, -0.05) is 105 Å². The van der Waals surface area contributed by atoms with Crippen molar-refractivity contribution in [3.8, 4) is 11.5 Å². The maximum atomic E-state index is 6.74. The Balaban J connectivity index is 1.75. The minimum absolute atomic E-state index is 0.651. The van der Waals surface area contributed by atoms with E-state index in [2.05, 4.69) is 50.6 Å². The lowest BCUT2D eigenvalue weighted by atomic mass is 9.96. The molecule has 0 saturated heterocycles. The van der Waals surface area contributed by atoms with Gasteiger partial charge in [0, 0.05) is 10.8 Å². The summed E-state index contributed by atoms with van der Waals surface area (Å²) in [5, 5.41) is 6.92. The van der Waals surface area contributed by atoms with Gasteiger partial charge < -0.3 is 9.47 Å². The van der Waals surface area contributed by atoms with Gasteiger partial charge in [0.2, 0.25) is 0 Å². The molecule has 2 atom stereocenters. The molecule has 2 unspecified atom stereocenters. The van der Waals surface area contributed by atoms with Crippen molar-refractivity contribution in [2.24, 2.45) is 11.8 Å². The molecule has 1 aromatic carbocycles. The summed E-state index contributed by atoms with van der Waals surface area (Å²) >= 11 is 3.61. The maximum absolute atomic E-state index is 6.74. The number of benzene rings is 1. The average Bonchev–Trinajstić information content (AvgIpc) is 3.62. The molecule has 0 aliphatic heterocycles. The molecule has 0 aliphatic rings. The van der Waals surface area contributed by atoms with Crippen LogP contribution in [0.5, 0.6) is 11.5 Å². The molecule has 2 nitrogen and oxygen atoms in total. The fourth-order valence-electron chi connectivity index (χ4n) is 5.59. The number of hydrogen-bond acceptors (Lipinski definition) is 4. The number of unbranched alkanes of at least 4 members (excludes halogenated alkanes) is 8. The molecular weight excluding hydrogens is 505 g/mol. The fraction of sp³-hybridized carbons (Fsp3) is 0.706. The highest BCUT2D eigenvalue weighted by Gasteiger charge is 2.21. The average molecular weight is 559 g/mol. The van der Waals surface area contributed by atoms with Gasteiger partial charge in [0.15, 0.2) is 0 Å². The molecule has 0 saturated carbocycles. The largest absolute Gasteiger partial charge is 0.491 e. The van der Waals surface area contributed by atoms with Gasteiger partial charge in [-0.3, -0.25) is 0 Å². The molecule has 4 heteroatoms. The summed E-state index contributed by atoms with van der Waals surface area (Å²) in [5.74, 6) is 3.49. The van der Waals surface area contributed by atoms with Crippen LogP contribution in [0.2, 0.25) is 0 Å². The Hall–Kier alpha value is -1.26. The predicted molar refractivity (Wildman–Crippen MR) is 172 cm³/mol. The lowest BCUT2D eigenvalue weighted by Gasteiger charge is -2.21. The monoisotopic (exact) mass is 558 g/mol. The predicted octanol–water partition coefficient (Wildman–Crippen LogP) is 12.4. The van der Waals surface area contributed by atoms with Crippen LogP contribution < -0.4 is 9.47 Å². The van der Waals surface area contributed by atoms with E-state index < -0.39 is 0 Å². The van der Waals surface area contributed by atoms with Crippen LogP contribution in [0.15, 0.2) is 22.9 Å². The second kappa shape index (κ2) is 18.2. The van der Waals surface area contributed by atoms with Crippen LogP contribution in [0.25, 0.3) is 20.2 Å². The number of hydrogen-bond donors (Lipinski definition) is 0. The van der Waals surface area contributed by atoms with Gasteiger partial charge in [-0.2, -0.15) is 0 Å². The summed E-state index contributed by atoms with van der Waals surface area (Å²) in [5.41, 5.74) is 0. The molecule has 0 fully saturated rings. The Bertz CT molecular complexity index is 892. The molecule has 2 aromatic heterocycles. The van der Waals surface area contributed by atoms with Crippen molar-refractivity contribution in [1.29, 1.82) is 0 Å². The van der Waals surface area contributed by atoms with Crippen LogP contribution in [0, 0.1) is 11.8 Å². The first kappa shape index (κ1) is 31.3. The Morgan fingerprint density at radius 3 is 1.32 bits per heavy atom. The number of ether oxygens (including phenoxy) is 2. The van der Waals surface area contributed by atoms with Crippen LogP contribution in [0.4, 0.5) is 0 Å². The first-order chi connectivity index (χ1) is 18.7. The summed E-state index contributed by atoms with van der Waals surface area (Å²) in [7, 11) is 0. The van der Waals surface area contributed by atoms with Crippen molar-refractivity contribution < 1.29 is 9.47 Å². The summed E-state index contributed by atoms with van der Waals surface area (Å²) in [4.78, 5) is 0. The van der Waals surface area contributed by atoms with E-state index >= 15 is 0 Å². The first-order valence-corrected chi connectivity index (χ1v) is 17.6. The molecule has 38 heavy (non-hydrogen) atoms. The van der Waals surface area contributed by atoms with Gasteiger partial charge in [-0.05, 0) is 60.4 Å². The summed E-state index contributed by atoms with van der Waals surface area (Å²) in [6, 6.07) is 4.51. The molecule has 2 heterocycles. The molecule has 0 amide bonds. The van der Waals surface area contributed by atoms with Crippen molar-refractivity contribution in [3.05, 3.63) is 22.9 Å². The summed E-state index contributed by atoms with van der Waals surface area (Å²) in [6.45, 7) is 10.9. The van der Waals surface area contributed by atoms with Crippen molar-refractivity contribution in [2.45, 2.75) is 130 Å². The minimum atomic E-state index is 0.651. The lowest BCUT2D eigenvalue weighted by molar-refractivity contribution is 0.227. The number of thiophene rings is 2. The van der Waals surface area contributed by atoms with E-state index in [-0.39, 0.29) is 0 Å². The van der Waals surface area contributed by atoms with E-state index in [0.717, 1.165) is 24.7 Å². The summed E-state index contributed by atoms with van der Waals surface area (Å²) in [6.07, 6.45) is 20.9. The molecule has 3 aromatic rings. The second-order valence-corrected chi connectivity index (χ2v) is 13.2. The zero-order valence-electron chi connectivity index (χ0n) is 24.8. The van der Waals surface area contributed by atoms with Gasteiger partial charge in [0.25, 0.3) is 0 Å². The highest BCUT2D eigenvalue weighted by atomic mass is 32.1. The Morgan fingerprint density at radius 2 is 0.921 bits per heavy atom. The number of rotatable bonds is 22. The van der Waals surface area contributed by atoms with E-state index in [0.29, 0.717) is 11.8 Å². The topological polar surface area (TPSA) is 18.5 Å². The molecule has 3 rings (SSSR count). The van der Waals surface area contributed by atoms with E-state index in [4.69, 9.17) is 9.47 Å². The Kier molecular flexibility index (Phi) is 14.9. The van der Waals surface area contributed by atoms with Crippen LogP contribution in [-0.4, -0.2) is 13.2 Å². The van der Waals surface area contributed by atoms with Gasteiger partial charge >= 0.3 is 0 Å². The van der Waals surface area contributed by atoms with Crippen molar-refractivity contribution >= 4 is 42.8 Å². The maximum Gasteiger partial charge on any atom is 0.146 e. The van der Waals surface area contributed by atoms with E-state index in [1.54, 1.807) is 0 Å². The molecule has 0 N–H and O–H groups in total. The van der Waals surface area contributed by atoms with Crippen molar-refractivity contribution in [3.63, 3.8) is 0 Å². The van der Waals surface area contributed by atoms with Gasteiger partial charge in [-0.15, -0.1) is 22.7 Å². The third-order valence-electron chi connectivity index (χ3n) is 8.02. The van der Waals surface area contributed by atoms with E-state index in [9.17, 15) is 0 Å². The standard InChI is InChI=1S/C34H54O2S2/c1-5-9-13-15-19-27(17-11-7-3)25-35-31-29-21-23-38-34(29)32(30-22-24-37-33(30)31)36-26-28(18-12-8-4)20-16-14-10-6-2/h21-24,27-28H,5-20,25-26H2,1-4H3. The highest BCUT2D eigenvalue weighted by Crippen LogP contribution is 2.47. The van der Waals surface area contributed by atoms with Gasteiger partial charge in [-0.25, -0.2) is 0 Å². The van der Waals surface area contributed by atoms with Crippen molar-refractivity contribution in [1.82, 2.24) is 0 Å².